The van der Waals surface area contributed by atoms with Gasteiger partial charge in [-0.3, -0.25) is 4.98 Å². The first-order chi connectivity index (χ1) is 10.9. The Morgan fingerprint density at radius 3 is 2.74 bits per heavy atom. The van der Waals surface area contributed by atoms with Crippen LogP contribution in [0.3, 0.4) is 0 Å². The molecule has 0 amide bonds. The average molecular weight is 327 g/mol. The highest BCUT2D eigenvalue weighted by Crippen LogP contribution is 2.39. The van der Waals surface area contributed by atoms with Gasteiger partial charge in [-0.05, 0) is 51.2 Å². The number of rotatable bonds is 2. The minimum absolute atomic E-state index is 0.121. The molecule has 0 spiro atoms. The maximum absolute atomic E-state index is 6.09. The van der Waals surface area contributed by atoms with E-state index < -0.39 is 0 Å². The van der Waals surface area contributed by atoms with E-state index in [0.717, 1.165) is 23.4 Å². The quantitative estimate of drug-likeness (QED) is 0.817. The monoisotopic (exact) mass is 327 g/mol. The third-order valence-corrected chi connectivity index (χ3v) is 4.09. The number of hydrogen-bond acceptors (Lipinski definition) is 3. The predicted octanol–water partition coefficient (Wildman–Crippen LogP) is 3.98. The van der Waals surface area contributed by atoms with E-state index >= 15 is 0 Å². The topological polar surface area (TPSA) is 46.2 Å². The molecule has 2 heterocycles. The van der Waals surface area contributed by atoms with E-state index in [9.17, 15) is 0 Å². The second kappa shape index (κ2) is 6.16. The van der Waals surface area contributed by atoms with E-state index in [1.54, 1.807) is 12.4 Å². The van der Waals surface area contributed by atoms with Gasteiger partial charge in [0.25, 0.3) is 0 Å². The Morgan fingerprint density at radius 2 is 2.00 bits per heavy atom. The Morgan fingerprint density at radius 1 is 1.26 bits per heavy atom. The average Bonchev–Trinajstić information content (AvgIpc) is 2.48. The highest BCUT2D eigenvalue weighted by atomic mass is 32.1. The zero-order valence-electron chi connectivity index (χ0n) is 13.6. The van der Waals surface area contributed by atoms with Crippen LogP contribution < -0.4 is 15.4 Å². The van der Waals surface area contributed by atoms with Crippen LogP contribution in [0.2, 0.25) is 0 Å². The molecule has 1 aliphatic rings. The molecule has 0 saturated heterocycles. The number of ether oxygens (including phenoxy) is 1. The smallest absolute Gasteiger partial charge is 0.171 e. The molecule has 1 aromatic heterocycles. The van der Waals surface area contributed by atoms with Gasteiger partial charge >= 0.3 is 0 Å². The van der Waals surface area contributed by atoms with Gasteiger partial charge in [-0.15, -0.1) is 0 Å². The van der Waals surface area contributed by atoms with Crippen molar-refractivity contribution in [3.63, 3.8) is 0 Å². The molecule has 0 saturated carbocycles. The third kappa shape index (κ3) is 3.79. The molecule has 0 fully saturated rings. The molecule has 120 valence electrons. The lowest BCUT2D eigenvalue weighted by Crippen LogP contribution is -2.42. The van der Waals surface area contributed by atoms with E-state index in [2.05, 4.69) is 48.5 Å². The lowest BCUT2D eigenvalue weighted by molar-refractivity contribution is 0.0696. The summed E-state index contributed by atoms with van der Waals surface area (Å²) in [6.45, 7) is 6.29. The van der Waals surface area contributed by atoms with Crippen LogP contribution in [-0.2, 0) is 0 Å². The van der Waals surface area contributed by atoms with Crippen LogP contribution in [0.1, 0.15) is 37.4 Å². The van der Waals surface area contributed by atoms with Crippen LogP contribution in [0.15, 0.2) is 42.7 Å². The van der Waals surface area contributed by atoms with Crippen molar-refractivity contribution in [2.75, 3.05) is 5.32 Å². The predicted molar refractivity (Wildman–Crippen MR) is 96.8 cm³/mol. The minimum Gasteiger partial charge on any atom is -0.487 e. The second-order valence-electron chi connectivity index (χ2n) is 6.49. The molecule has 2 aromatic rings. The SMILES string of the molecule is Cc1ccc2c(c1)[C@H](NC(=S)Nc1ccncc1)CC(C)(C)O2. The highest BCUT2D eigenvalue weighted by molar-refractivity contribution is 7.80. The van der Waals surface area contributed by atoms with E-state index in [1.165, 1.54) is 5.56 Å². The first-order valence-electron chi connectivity index (χ1n) is 7.70. The van der Waals surface area contributed by atoms with Gasteiger partial charge in [-0.25, -0.2) is 0 Å². The number of aromatic nitrogens is 1. The number of aryl methyl sites for hydroxylation is 1. The van der Waals surface area contributed by atoms with Gasteiger partial charge in [0.2, 0.25) is 0 Å². The van der Waals surface area contributed by atoms with E-state index in [4.69, 9.17) is 17.0 Å². The van der Waals surface area contributed by atoms with E-state index in [1.807, 2.05) is 18.2 Å². The second-order valence-corrected chi connectivity index (χ2v) is 6.90. The Kier molecular flexibility index (Phi) is 4.22. The van der Waals surface area contributed by atoms with Crippen molar-refractivity contribution in [3.8, 4) is 5.75 Å². The summed E-state index contributed by atoms with van der Waals surface area (Å²) in [6.07, 6.45) is 4.32. The maximum atomic E-state index is 6.09. The fourth-order valence-corrected chi connectivity index (χ4v) is 3.12. The number of anilines is 1. The summed E-state index contributed by atoms with van der Waals surface area (Å²) in [6, 6.07) is 10.2. The van der Waals surface area contributed by atoms with Crippen LogP contribution in [0.4, 0.5) is 5.69 Å². The van der Waals surface area contributed by atoms with Crippen LogP contribution in [0.5, 0.6) is 5.75 Å². The molecule has 3 rings (SSSR count). The molecule has 23 heavy (non-hydrogen) atoms. The first-order valence-corrected chi connectivity index (χ1v) is 8.11. The molecular formula is C18H21N3OS. The number of fused-ring (bicyclic) bond motifs is 1. The molecule has 1 atom stereocenters. The summed E-state index contributed by atoms with van der Waals surface area (Å²) in [5, 5.41) is 7.23. The van der Waals surface area contributed by atoms with Crippen molar-refractivity contribution in [1.82, 2.24) is 10.3 Å². The summed E-state index contributed by atoms with van der Waals surface area (Å²) in [7, 11) is 0. The fraction of sp³-hybridized carbons (Fsp3) is 0.333. The van der Waals surface area contributed by atoms with Gasteiger partial charge in [-0.1, -0.05) is 17.7 Å². The van der Waals surface area contributed by atoms with Gasteiger partial charge in [0.1, 0.15) is 11.4 Å². The Bertz CT molecular complexity index is 715. The maximum Gasteiger partial charge on any atom is 0.171 e. The number of nitrogens with one attached hydrogen (secondary N) is 2. The minimum atomic E-state index is -0.230. The van der Waals surface area contributed by atoms with E-state index in [-0.39, 0.29) is 11.6 Å². The van der Waals surface area contributed by atoms with Crippen molar-refractivity contribution in [1.29, 1.82) is 0 Å². The molecule has 2 N–H and O–H groups in total. The van der Waals surface area contributed by atoms with Gasteiger partial charge in [0.05, 0.1) is 6.04 Å². The van der Waals surface area contributed by atoms with Crippen LogP contribution in [0.25, 0.3) is 0 Å². The third-order valence-electron chi connectivity index (χ3n) is 3.87. The van der Waals surface area contributed by atoms with Crippen molar-refractivity contribution >= 4 is 23.0 Å². The van der Waals surface area contributed by atoms with Crippen molar-refractivity contribution < 1.29 is 4.74 Å². The highest BCUT2D eigenvalue weighted by Gasteiger charge is 2.34. The standard InChI is InChI=1S/C18H21N3OS/c1-12-4-5-16-14(10-12)15(11-18(2,3)22-16)21-17(23)20-13-6-8-19-9-7-13/h4-10,15H,11H2,1-3H3,(H2,19,20,21,23)/t15-/m1/s1. The molecule has 0 aliphatic carbocycles. The van der Waals surface area contributed by atoms with Crippen LogP contribution >= 0.6 is 12.2 Å². The molecular weight excluding hydrogens is 306 g/mol. The van der Waals surface area contributed by atoms with Gasteiger partial charge in [-0.2, -0.15) is 0 Å². The Balaban J connectivity index is 1.79. The molecule has 0 unspecified atom stereocenters. The number of pyridine rings is 1. The molecule has 1 aliphatic heterocycles. The largest absolute Gasteiger partial charge is 0.487 e. The summed E-state index contributed by atoms with van der Waals surface area (Å²) in [5.41, 5.74) is 3.06. The summed E-state index contributed by atoms with van der Waals surface area (Å²) < 4.78 is 6.09. The lowest BCUT2D eigenvalue weighted by Gasteiger charge is -2.38. The van der Waals surface area contributed by atoms with Crippen molar-refractivity contribution in [3.05, 3.63) is 53.9 Å². The zero-order chi connectivity index (χ0) is 16.4. The molecule has 1 aromatic carbocycles. The molecule has 5 heteroatoms. The first kappa shape index (κ1) is 15.7. The van der Waals surface area contributed by atoms with Crippen molar-refractivity contribution in [2.24, 2.45) is 0 Å². The normalized spacial score (nSPS) is 18.5. The van der Waals surface area contributed by atoms with Crippen LogP contribution in [0, 0.1) is 6.92 Å². The summed E-state index contributed by atoms with van der Waals surface area (Å²) in [4.78, 5) is 4.01. The number of benzene rings is 1. The van der Waals surface area contributed by atoms with E-state index in [0.29, 0.717) is 5.11 Å². The number of thiocarbonyl (C=S) groups is 1. The van der Waals surface area contributed by atoms with Gasteiger partial charge in [0.15, 0.2) is 5.11 Å². The number of hydrogen-bond donors (Lipinski definition) is 2. The molecule has 0 bridgehead atoms. The Labute approximate surface area is 142 Å². The van der Waals surface area contributed by atoms with Crippen LogP contribution in [-0.4, -0.2) is 15.7 Å². The summed E-state index contributed by atoms with van der Waals surface area (Å²) >= 11 is 5.47. The Hall–Kier alpha value is -2.14. The van der Waals surface area contributed by atoms with Gasteiger partial charge < -0.3 is 15.4 Å². The van der Waals surface area contributed by atoms with Crippen molar-refractivity contribution in [2.45, 2.75) is 38.8 Å². The fourth-order valence-electron chi connectivity index (χ4n) is 2.86. The lowest BCUT2D eigenvalue weighted by atomic mass is 9.89. The number of nitrogens with zero attached hydrogens (tertiary/aromatic N) is 1. The summed E-state index contributed by atoms with van der Waals surface area (Å²) in [5.74, 6) is 0.927. The zero-order valence-corrected chi connectivity index (χ0v) is 14.4. The van der Waals surface area contributed by atoms with Gasteiger partial charge in [0, 0.05) is 30.1 Å². The molecule has 0 radical (unpaired) electrons. The molecule has 4 nitrogen and oxygen atoms in total.